The molecule has 0 rings (SSSR count). The molecule has 15 heavy (non-hydrogen) atoms. The van der Waals surface area contributed by atoms with Gasteiger partial charge in [-0.3, -0.25) is 0 Å². The second-order valence-electron chi connectivity index (χ2n) is 2.36. The Balaban J connectivity index is 4.65. The van der Waals surface area contributed by atoms with Crippen LogP contribution in [0.2, 0.25) is 0 Å². The molecule has 1 atom stereocenters. The molecule has 6 nitrogen and oxygen atoms in total. The normalized spacial score (nSPS) is 16.3. The zero-order valence-corrected chi connectivity index (χ0v) is 9.11. The lowest BCUT2D eigenvalue weighted by Gasteiger charge is -2.13. The van der Waals surface area contributed by atoms with Gasteiger partial charge in [0.15, 0.2) is 6.29 Å². The van der Waals surface area contributed by atoms with E-state index >= 15 is 0 Å². The fourth-order valence-corrected chi connectivity index (χ4v) is 1.58. The number of rotatable bonds is 4. The first kappa shape index (κ1) is 14.6. The van der Waals surface area contributed by atoms with Crippen molar-refractivity contribution >= 4 is 20.2 Å². The molecule has 0 N–H and O–H groups in total. The maximum absolute atomic E-state index is 11.7. The highest BCUT2D eigenvalue weighted by Crippen LogP contribution is 2.25. The van der Waals surface area contributed by atoms with Crippen LogP contribution in [0.4, 0.5) is 13.2 Å². The lowest BCUT2D eigenvalue weighted by molar-refractivity contribution is -0.0684. The van der Waals surface area contributed by atoms with E-state index < -0.39 is 32.0 Å². The van der Waals surface area contributed by atoms with Crippen LogP contribution < -0.4 is 0 Å². The van der Waals surface area contributed by atoms with Gasteiger partial charge in [0.25, 0.3) is 10.1 Å². The van der Waals surface area contributed by atoms with Crippen LogP contribution in [-0.4, -0.2) is 34.9 Å². The van der Waals surface area contributed by atoms with E-state index in [1.807, 2.05) is 0 Å². The largest absolute Gasteiger partial charge is 0.523 e. The second-order valence-corrected chi connectivity index (χ2v) is 5.53. The average Bonchev–Trinajstić information content (AvgIpc) is 1.75. The summed E-state index contributed by atoms with van der Waals surface area (Å²) < 4.78 is 83.8. The number of hydrogen-bond acceptors (Lipinski definition) is 6. The van der Waals surface area contributed by atoms with E-state index in [0.717, 1.165) is 0 Å². The third-order valence-corrected chi connectivity index (χ3v) is 2.57. The smallest absolute Gasteiger partial charge is 0.237 e. The van der Waals surface area contributed by atoms with Gasteiger partial charge in [-0.15, -0.1) is 0 Å². The molecular weight excluding hydrogens is 265 g/mol. The van der Waals surface area contributed by atoms with Gasteiger partial charge >= 0.3 is 15.6 Å². The predicted octanol–water partition coefficient (Wildman–Crippen LogP) is 0.175. The minimum absolute atomic E-state index is 0.535. The monoisotopic (exact) mass is 272 g/mol. The Morgan fingerprint density at radius 3 is 1.73 bits per heavy atom. The van der Waals surface area contributed by atoms with Crippen LogP contribution >= 0.6 is 0 Å². The van der Waals surface area contributed by atoms with E-state index in [9.17, 15) is 30.0 Å². The molecule has 0 amide bonds. The second kappa shape index (κ2) is 4.23. The Bertz CT molecular complexity index is 406. The lowest BCUT2D eigenvalue weighted by atomic mass is 10.8. The minimum atomic E-state index is -5.86. The molecule has 1 unspecified atom stereocenters. The zero-order chi connectivity index (χ0) is 12.5. The molecule has 11 heteroatoms. The van der Waals surface area contributed by atoms with Gasteiger partial charge in [-0.25, -0.2) is 8.37 Å². The van der Waals surface area contributed by atoms with Crippen molar-refractivity contribution in [2.24, 2.45) is 0 Å². The van der Waals surface area contributed by atoms with E-state index in [1.54, 1.807) is 0 Å². The highest BCUT2D eigenvalue weighted by atomic mass is 32.2. The van der Waals surface area contributed by atoms with Gasteiger partial charge in [0, 0.05) is 0 Å². The molecule has 0 bridgehead atoms. The van der Waals surface area contributed by atoms with E-state index in [2.05, 4.69) is 8.37 Å². The molecule has 0 radical (unpaired) electrons. The van der Waals surface area contributed by atoms with Crippen molar-refractivity contribution in [1.29, 1.82) is 0 Å². The Morgan fingerprint density at radius 2 is 1.47 bits per heavy atom. The molecule has 0 saturated heterocycles. The highest BCUT2D eigenvalue weighted by molar-refractivity contribution is 7.87. The molecule has 0 aliphatic carbocycles. The van der Waals surface area contributed by atoms with Crippen LogP contribution in [0, 0.1) is 0 Å². The maximum atomic E-state index is 11.7. The summed E-state index contributed by atoms with van der Waals surface area (Å²) in [6, 6.07) is 0. The molecule has 0 aliphatic heterocycles. The lowest BCUT2D eigenvalue weighted by Crippen LogP contribution is -2.30. The summed E-state index contributed by atoms with van der Waals surface area (Å²) in [5, 5.41) is 0. The predicted molar refractivity (Wildman–Crippen MR) is 41.5 cm³/mol. The van der Waals surface area contributed by atoms with E-state index in [-0.39, 0.29) is 0 Å². The number of hydrogen-bond donors (Lipinski definition) is 0. The summed E-state index contributed by atoms with van der Waals surface area (Å²) in [5.74, 6) is 0. The van der Waals surface area contributed by atoms with Crippen molar-refractivity contribution in [3.05, 3.63) is 0 Å². The molecule has 0 aromatic rings. The summed E-state index contributed by atoms with van der Waals surface area (Å²) in [4.78, 5) is 0. The van der Waals surface area contributed by atoms with Crippen LogP contribution in [0.1, 0.15) is 6.92 Å². The van der Waals surface area contributed by atoms with Gasteiger partial charge in [-0.2, -0.15) is 30.0 Å². The fraction of sp³-hybridized carbons (Fsp3) is 1.00. The SMILES string of the molecule is CC(OS(C)(=O)=O)OS(=O)(=O)C(F)(F)F. The Kier molecular flexibility index (Phi) is 4.12. The van der Waals surface area contributed by atoms with E-state index in [1.165, 1.54) is 0 Å². The number of alkyl halides is 3. The summed E-state index contributed by atoms with van der Waals surface area (Å²) in [6.45, 7) is 0.699. The highest BCUT2D eigenvalue weighted by Gasteiger charge is 2.48. The quantitative estimate of drug-likeness (QED) is 0.412. The van der Waals surface area contributed by atoms with Gasteiger partial charge in [-0.05, 0) is 6.92 Å². The topological polar surface area (TPSA) is 86.7 Å². The average molecular weight is 272 g/mol. The fourth-order valence-electron chi connectivity index (χ4n) is 0.495. The van der Waals surface area contributed by atoms with Crippen LogP contribution in [0.3, 0.4) is 0 Å². The molecule has 0 heterocycles. The van der Waals surface area contributed by atoms with E-state index in [4.69, 9.17) is 0 Å². The van der Waals surface area contributed by atoms with Crippen molar-refractivity contribution in [2.75, 3.05) is 6.26 Å². The van der Waals surface area contributed by atoms with Crippen LogP contribution in [0.15, 0.2) is 0 Å². The molecule has 0 saturated carbocycles. The first-order valence-electron chi connectivity index (χ1n) is 3.23. The first-order chi connectivity index (χ1) is 6.35. The molecular formula is C4H7F3O6S2. The molecule has 0 aromatic carbocycles. The van der Waals surface area contributed by atoms with Crippen molar-refractivity contribution in [3.8, 4) is 0 Å². The van der Waals surface area contributed by atoms with Gasteiger partial charge in [0.2, 0.25) is 0 Å². The third-order valence-electron chi connectivity index (χ3n) is 0.856. The Hall–Kier alpha value is -0.390. The summed E-state index contributed by atoms with van der Waals surface area (Å²) >= 11 is 0. The van der Waals surface area contributed by atoms with Crippen LogP contribution in [0.5, 0.6) is 0 Å². The van der Waals surface area contributed by atoms with E-state index in [0.29, 0.717) is 13.2 Å². The van der Waals surface area contributed by atoms with Crippen molar-refractivity contribution < 1.29 is 38.4 Å². The number of halogens is 3. The van der Waals surface area contributed by atoms with Gasteiger partial charge in [0.1, 0.15) is 0 Å². The molecule has 0 spiro atoms. The standard InChI is InChI=1S/C4H7F3O6S2/c1-3(12-14(2,8)9)13-15(10,11)4(5,6)7/h3H,1-2H3. The molecule has 0 aromatic heterocycles. The Morgan fingerprint density at radius 1 is 1.07 bits per heavy atom. The summed E-state index contributed by atoms with van der Waals surface area (Å²) in [6.07, 6.45) is -1.54. The minimum Gasteiger partial charge on any atom is -0.237 e. The Labute approximate surface area is 84.2 Å². The van der Waals surface area contributed by atoms with Crippen LogP contribution in [0.25, 0.3) is 0 Å². The van der Waals surface area contributed by atoms with Gasteiger partial charge in [-0.1, -0.05) is 0 Å². The third kappa shape index (κ3) is 5.30. The van der Waals surface area contributed by atoms with Crippen LogP contribution in [-0.2, 0) is 28.6 Å². The molecule has 0 fully saturated rings. The van der Waals surface area contributed by atoms with Crippen molar-refractivity contribution in [1.82, 2.24) is 0 Å². The van der Waals surface area contributed by atoms with Crippen molar-refractivity contribution in [3.63, 3.8) is 0 Å². The zero-order valence-electron chi connectivity index (χ0n) is 7.48. The first-order valence-corrected chi connectivity index (χ1v) is 6.45. The molecule has 0 aliphatic rings. The summed E-state index contributed by atoms with van der Waals surface area (Å²) in [7, 11) is -9.96. The van der Waals surface area contributed by atoms with Gasteiger partial charge in [0.05, 0.1) is 6.26 Å². The summed E-state index contributed by atoms with van der Waals surface area (Å²) in [5.41, 5.74) is -5.62. The molecule has 92 valence electrons. The van der Waals surface area contributed by atoms with Crippen molar-refractivity contribution in [2.45, 2.75) is 18.7 Å². The maximum Gasteiger partial charge on any atom is 0.523 e. The van der Waals surface area contributed by atoms with Gasteiger partial charge < -0.3 is 0 Å².